The molecule has 2 heterocycles. The molecular weight excluding hydrogens is 341 g/mol. The van der Waals surface area contributed by atoms with Crippen LogP contribution in [0.15, 0.2) is 34.9 Å². The van der Waals surface area contributed by atoms with E-state index in [1.54, 1.807) is 28.8 Å². The molecule has 0 radical (unpaired) electrons. The van der Waals surface area contributed by atoms with E-state index in [0.29, 0.717) is 28.8 Å². The van der Waals surface area contributed by atoms with E-state index in [9.17, 15) is 4.39 Å². The minimum atomic E-state index is -0.354. The molecule has 0 aliphatic rings. The van der Waals surface area contributed by atoms with Crippen LogP contribution >= 0.6 is 15.9 Å². The molecule has 21 heavy (non-hydrogen) atoms. The van der Waals surface area contributed by atoms with Crippen LogP contribution in [0, 0.1) is 5.82 Å². The van der Waals surface area contributed by atoms with Gasteiger partial charge < -0.3 is 9.47 Å². The van der Waals surface area contributed by atoms with Crippen molar-refractivity contribution >= 4 is 21.7 Å². The lowest BCUT2D eigenvalue weighted by Gasteiger charge is -2.04. The quantitative estimate of drug-likeness (QED) is 0.726. The first-order chi connectivity index (χ1) is 10.1. The highest BCUT2D eigenvalue weighted by Gasteiger charge is 2.14. The van der Waals surface area contributed by atoms with E-state index >= 15 is 0 Å². The second-order valence-electron chi connectivity index (χ2n) is 4.26. The maximum absolute atomic E-state index is 14.0. The molecule has 0 saturated carbocycles. The summed E-state index contributed by atoms with van der Waals surface area (Å²) in [5.41, 5.74) is 0.851. The summed E-state index contributed by atoms with van der Waals surface area (Å²) in [4.78, 5) is 8.55. The van der Waals surface area contributed by atoms with Gasteiger partial charge in [0.15, 0.2) is 0 Å². The molecule has 0 aliphatic heterocycles. The van der Waals surface area contributed by atoms with Crippen molar-refractivity contribution in [3.05, 3.63) is 40.8 Å². The van der Waals surface area contributed by atoms with Gasteiger partial charge in [0.2, 0.25) is 17.5 Å². The predicted octanol–water partition coefficient (Wildman–Crippen LogP) is 3.32. The molecule has 108 valence electrons. The zero-order valence-corrected chi connectivity index (χ0v) is 12.9. The van der Waals surface area contributed by atoms with Crippen molar-refractivity contribution in [2.75, 3.05) is 14.2 Å². The van der Waals surface area contributed by atoms with Crippen molar-refractivity contribution in [1.29, 1.82) is 0 Å². The van der Waals surface area contributed by atoms with Gasteiger partial charge in [-0.15, -0.1) is 0 Å². The predicted molar refractivity (Wildman–Crippen MR) is 79.2 cm³/mol. The summed E-state index contributed by atoms with van der Waals surface area (Å²) >= 11 is 3.33. The van der Waals surface area contributed by atoms with E-state index in [2.05, 4.69) is 25.9 Å². The van der Waals surface area contributed by atoms with Crippen LogP contribution in [0.5, 0.6) is 11.8 Å². The maximum atomic E-state index is 14.0. The lowest BCUT2D eigenvalue weighted by Crippen LogP contribution is -1.97. The summed E-state index contributed by atoms with van der Waals surface area (Å²) in [5, 5.41) is 0. The van der Waals surface area contributed by atoms with Crippen LogP contribution < -0.4 is 9.47 Å². The van der Waals surface area contributed by atoms with E-state index in [1.165, 1.54) is 20.3 Å². The third kappa shape index (κ3) is 2.44. The second-order valence-corrected chi connectivity index (χ2v) is 5.18. The Morgan fingerprint density at radius 1 is 1.14 bits per heavy atom. The molecule has 3 aromatic rings. The van der Waals surface area contributed by atoms with Crippen molar-refractivity contribution < 1.29 is 13.9 Å². The Bertz CT molecular complexity index is 819. The summed E-state index contributed by atoms with van der Waals surface area (Å²) < 4.78 is 26.7. The molecule has 1 aromatic carbocycles. The van der Waals surface area contributed by atoms with Gasteiger partial charge in [-0.2, -0.15) is 4.98 Å². The molecule has 0 spiro atoms. The number of benzene rings is 1. The van der Waals surface area contributed by atoms with Gasteiger partial charge in [0.25, 0.3) is 0 Å². The number of methoxy groups -OCH3 is 2. The molecule has 7 heteroatoms. The molecule has 0 amide bonds. The number of nitrogens with zero attached hydrogens (tertiary/aromatic N) is 3. The van der Waals surface area contributed by atoms with E-state index in [1.807, 2.05) is 0 Å². The van der Waals surface area contributed by atoms with Crippen LogP contribution in [-0.2, 0) is 0 Å². The number of hydrogen-bond acceptors (Lipinski definition) is 4. The van der Waals surface area contributed by atoms with Crippen molar-refractivity contribution in [1.82, 2.24) is 14.4 Å². The largest absolute Gasteiger partial charge is 0.482 e. The average Bonchev–Trinajstić information content (AvgIpc) is 2.92. The van der Waals surface area contributed by atoms with E-state index in [-0.39, 0.29) is 5.82 Å². The van der Waals surface area contributed by atoms with Gasteiger partial charge in [0, 0.05) is 16.2 Å². The Balaban J connectivity index is 2.23. The monoisotopic (exact) mass is 351 g/mol. The summed E-state index contributed by atoms with van der Waals surface area (Å²) in [5.74, 6) is 0.908. The lowest BCUT2D eigenvalue weighted by atomic mass is 10.1. The van der Waals surface area contributed by atoms with Gasteiger partial charge in [-0.25, -0.2) is 9.37 Å². The number of aromatic nitrogens is 3. The van der Waals surface area contributed by atoms with Crippen LogP contribution in [-0.4, -0.2) is 28.6 Å². The van der Waals surface area contributed by atoms with Gasteiger partial charge in [-0.05, 0) is 18.2 Å². The van der Waals surface area contributed by atoms with Gasteiger partial charge in [0.05, 0.1) is 26.0 Å². The molecule has 3 rings (SSSR count). The highest BCUT2D eigenvalue weighted by atomic mass is 79.9. The molecule has 0 aliphatic carbocycles. The van der Waals surface area contributed by atoms with Crippen LogP contribution in [0.4, 0.5) is 4.39 Å². The number of imidazole rings is 1. The molecule has 2 aromatic heterocycles. The molecule has 0 fully saturated rings. The summed E-state index contributed by atoms with van der Waals surface area (Å²) in [7, 11) is 3.05. The van der Waals surface area contributed by atoms with Crippen molar-refractivity contribution in [2.45, 2.75) is 0 Å². The lowest BCUT2D eigenvalue weighted by molar-refractivity contribution is 0.369. The van der Waals surface area contributed by atoms with Gasteiger partial charge >= 0.3 is 0 Å². The van der Waals surface area contributed by atoms with Gasteiger partial charge in [-0.3, -0.25) is 4.40 Å². The number of halogens is 2. The van der Waals surface area contributed by atoms with Gasteiger partial charge in [-0.1, -0.05) is 15.9 Å². The minimum Gasteiger partial charge on any atom is -0.482 e. The fraction of sp³-hybridized carbons (Fsp3) is 0.143. The molecule has 0 bridgehead atoms. The molecule has 0 unspecified atom stereocenters. The number of ether oxygens (including phenoxy) is 2. The Kier molecular flexibility index (Phi) is 3.50. The van der Waals surface area contributed by atoms with Crippen molar-refractivity contribution in [2.24, 2.45) is 0 Å². The Labute approximate surface area is 128 Å². The minimum absolute atomic E-state index is 0.354. The van der Waals surface area contributed by atoms with Crippen molar-refractivity contribution in [3.8, 4) is 23.0 Å². The van der Waals surface area contributed by atoms with Crippen LogP contribution in [0.25, 0.3) is 17.0 Å². The zero-order chi connectivity index (χ0) is 15.0. The van der Waals surface area contributed by atoms with Gasteiger partial charge in [0.1, 0.15) is 5.82 Å². The van der Waals surface area contributed by atoms with Crippen molar-refractivity contribution in [3.63, 3.8) is 0 Å². The summed E-state index contributed by atoms with van der Waals surface area (Å²) in [6.45, 7) is 0. The Morgan fingerprint density at radius 2 is 1.95 bits per heavy atom. The SMILES string of the molecule is COc1cc(OC)n2cc(-c3cc(Br)ccc3F)nc2n1. The topological polar surface area (TPSA) is 48.7 Å². The Hall–Kier alpha value is -2.15. The highest BCUT2D eigenvalue weighted by Crippen LogP contribution is 2.28. The number of rotatable bonds is 3. The van der Waals surface area contributed by atoms with E-state index < -0.39 is 0 Å². The molecule has 0 N–H and O–H groups in total. The molecule has 5 nitrogen and oxygen atoms in total. The standard InChI is InChI=1S/C14H11BrFN3O2/c1-20-12-6-13(21-2)19-7-11(17-14(19)18-12)9-5-8(15)3-4-10(9)16/h3-7H,1-2H3. The molecular formula is C14H11BrFN3O2. The first-order valence-electron chi connectivity index (χ1n) is 6.06. The smallest absolute Gasteiger partial charge is 0.240 e. The number of hydrogen-bond donors (Lipinski definition) is 0. The van der Waals surface area contributed by atoms with Crippen LogP contribution in [0.2, 0.25) is 0 Å². The zero-order valence-electron chi connectivity index (χ0n) is 11.3. The first-order valence-corrected chi connectivity index (χ1v) is 6.85. The normalized spacial score (nSPS) is 10.9. The van der Waals surface area contributed by atoms with E-state index in [0.717, 1.165) is 4.47 Å². The van der Waals surface area contributed by atoms with E-state index in [4.69, 9.17) is 9.47 Å². The fourth-order valence-corrected chi connectivity index (χ4v) is 2.36. The highest BCUT2D eigenvalue weighted by molar-refractivity contribution is 9.10. The van der Waals surface area contributed by atoms with Crippen LogP contribution in [0.3, 0.4) is 0 Å². The Morgan fingerprint density at radius 3 is 2.67 bits per heavy atom. The average molecular weight is 352 g/mol. The summed E-state index contributed by atoms with van der Waals surface area (Å²) in [6, 6.07) is 6.32. The first kappa shape index (κ1) is 13.8. The molecule has 0 saturated heterocycles. The summed E-state index contributed by atoms with van der Waals surface area (Å²) in [6.07, 6.45) is 1.67. The fourth-order valence-electron chi connectivity index (χ4n) is 2.00. The number of fused-ring (bicyclic) bond motifs is 1. The second kappa shape index (κ2) is 5.33. The third-order valence-corrected chi connectivity index (χ3v) is 3.50. The maximum Gasteiger partial charge on any atom is 0.240 e. The third-order valence-electron chi connectivity index (χ3n) is 3.00. The molecule has 0 atom stereocenters. The van der Waals surface area contributed by atoms with Crippen LogP contribution in [0.1, 0.15) is 0 Å².